The predicted molar refractivity (Wildman–Crippen MR) is 219 cm³/mol. The smallest absolute Gasteiger partial charge is 0.136 e. The van der Waals surface area contributed by atoms with Crippen LogP contribution in [0.25, 0.3) is 109 Å². The van der Waals surface area contributed by atoms with Gasteiger partial charge in [0, 0.05) is 21.5 Å². The van der Waals surface area contributed by atoms with Crippen LogP contribution in [0.3, 0.4) is 0 Å². The Morgan fingerprint density at radius 3 is 1.18 bits per heavy atom. The molecule has 0 unspecified atom stereocenters. The minimum atomic E-state index is 0.915. The zero-order valence-corrected chi connectivity index (χ0v) is 28.4. The van der Waals surface area contributed by atoms with E-state index < -0.39 is 0 Å². The van der Waals surface area contributed by atoms with E-state index in [2.05, 4.69) is 172 Å². The fourth-order valence-corrected chi connectivity index (χ4v) is 8.70. The highest BCUT2D eigenvalue weighted by Crippen LogP contribution is 2.48. The molecule has 0 atom stereocenters. The van der Waals surface area contributed by atoms with Crippen LogP contribution in [0.15, 0.2) is 162 Å². The molecule has 0 saturated heterocycles. The van der Waals surface area contributed by atoms with Gasteiger partial charge in [0.25, 0.3) is 0 Å². The van der Waals surface area contributed by atoms with E-state index in [1.165, 1.54) is 109 Å². The summed E-state index contributed by atoms with van der Waals surface area (Å²) in [4.78, 5) is 0. The molecule has 1 heterocycles. The summed E-state index contributed by atoms with van der Waals surface area (Å²) in [5.74, 6) is 0. The number of rotatable bonds is 2. The third kappa shape index (κ3) is 4.09. The van der Waals surface area contributed by atoms with Crippen LogP contribution in [0.1, 0.15) is 11.1 Å². The Balaban J connectivity index is 1.39. The first-order chi connectivity index (χ1) is 25.1. The van der Waals surface area contributed by atoms with Gasteiger partial charge in [-0.2, -0.15) is 0 Å². The highest BCUT2D eigenvalue weighted by Gasteiger charge is 2.21. The second-order valence-electron chi connectivity index (χ2n) is 14.2. The maximum absolute atomic E-state index is 6.85. The van der Waals surface area contributed by atoms with Crippen molar-refractivity contribution in [2.45, 2.75) is 13.8 Å². The second-order valence-corrected chi connectivity index (χ2v) is 14.2. The van der Waals surface area contributed by atoms with E-state index in [-0.39, 0.29) is 0 Å². The molecule has 11 aromatic rings. The Kier molecular flexibility index (Phi) is 5.86. The molecule has 0 amide bonds. The van der Waals surface area contributed by atoms with Crippen molar-refractivity contribution in [3.8, 4) is 22.3 Å². The number of aryl methyl sites for hydroxylation is 2. The Bertz CT molecular complexity index is 3010. The number of furan rings is 1. The summed E-state index contributed by atoms with van der Waals surface area (Å²) in [7, 11) is 0. The lowest BCUT2D eigenvalue weighted by Gasteiger charge is -2.16. The van der Waals surface area contributed by atoms with Gasteiger partial charge in [-0.15, -0.1) is 0 Å². The van der Waals surface area contributed by atoms with Gasteiger partial charge in [0.15, 0.2) is 0 Å². The molecule has 0 fully saturated rings. The van der Waals surface area contributed by atoms with E-state index in [4.69, 9.17) is 4.42 Å². The third-order valence-electron chi connectivity index (χ3n) is 11.1. The van der Waals surface area contributed by atoms with Crippen LogP contribution >= 0.6 is 0 Å². The van der Waals surface area contributed by atoms with E-state index in [0.717, 1.165) is 11.2 Å². The summed E-state index contributed by atoms with van der Waals surface area (Å²) in [5, 5.41) is 17.3. The fraction of sp³-hybridized carbons (Fsp3) is 0.0400. The van der Waals surface area contributed by atoms with Gasteiger partial charge in [0.05, 0.1) is 0 Å². The highest BCUT2D eigenvalue weighted by molar-refractivity contribution is 6.40. The second kappa shape index (κ2) is 10.5. The monoisotopic (exact) mass is 648 g/mol. The van der Waals surface area contributed by atoms with Gasteiger partial charge in [0.2, 0.25) is 0 Å². The summed E-state index contributed by atoms with van der Waals surface area (Å²) < 4.78 is 6.85. The van der Waals surface area contributed by atoms with E-state index in [9.17, 15) is 0 Å². The van der Waals surface area contributed by atoms with Gasteiger partial charge in [-0.25, -0.2) is 0 Å². The Labute approximate surface area is 295 Å². The van der Waals surface area contributed by atoms with Crippen LogP contribution in [0.2, 0.25) is 0 Å². The van der Waals surface area contributed by atoms with Crippen LogP contribution in [0, 0.1) is 13.8 Å². The zero-order chi connectivity index (χ0) is 33.8. The standard InChI is InChI=1S/C50H32O/c1-29-11-15-33(16-12-29)41-27-35-21-25-43-49(45(35)47-37-9-5-3-7-31(37)19-23-39(41)47)50-44(51-43)26-22-36-28-42(34-17-13-30(2)14-18-34)40-24-20-32-8-4-6-10-38(32)48(40)46(36)50/h3-28H,1-2H3. The fourth-order valence-electron chi connectivity index (χ4n) is 8.70. The molecule has 0 aliphatic rings. The average molecular weight is 649 g/mol. The van der Waals surface area contributed by atoms with Crippen molar-refractivity contribution in [1.82, 2.24) is 0 Å². The summed E-state index contributed by atoms with van der Waals surface area (Å²) in [6, 6.07) is 58.4. The van der Waals surface area contributed by atoms with Gasteiger partial charge >= 0.3 is 0 Å². The van der Waals surface area contributed by atoms with Crippen molar-refractivity contribution >= 4 is 86.6 Å². The number of hydrogen-bond acceptors (Lipinski definition) is 1. The lowest BCUT2D eigenvalue weighted by Crippen LogP contribution is -1.89. The molecule has 0 saturated carbocycles. The van der Waals surface area contributed by atoms with Crippen molar-refractivity contribution in [2.24, 2.45) is 0 Å². The molecule has 51 heavy (non-hydrogen) atoms. The molecule has 10 aromatic carbocycles. The Morgan fingerprint density at radius 2 is 0.725 bits per heavy atom. The zero-order valence-electron chi connectivity index (χ0n) is 28.4. The molecule has 0 aliphatic carbocycles. The summed E-state index contributed by atoms with van der Waals surface area (Å²) in [6.07, 6.45) is 0. The van der Waals surface area contributed by atoms with Crippen molar-refractivity contribution in [3.63, 3.8) is 0 Å². The molecule has 0 N–H and O–H groups in total. The van der Waals surface area contributed by atoms with Crippen molar-refractivity contribution in [3.05, 3.63) is 169 Å². The van der Waals surface area contributed by atoms with Crippen molar-refractivity contribution in [1.29, 1.82) is 0 Å². The van der Waals surface area contributed by atoms with Crippen LogP contribution in [-0.4, -0.2) is 0 Å². The van der Waals surface area contributed by atoms with Crippen molar-refractivity contribution < 1.29 is 4.42 Å². The maximum Gasteiger partial charge on any atom is 0.136 e. The first-order valence-corrected chi connectivity index (χ1v) is 17.8. The summed E-state index contributed by atoms with van der Waals surface area (Å²) >= 11 is 0. The molecule has 1 heteroatoms. The first-order valence-electron chi connectivity index (χ1n) is 17.8. The lowest BCUT2D eigenvalue weighted by molar-refractivity contribution is 0.669. The van der Waals surface area contributed by atoms with Gasteiger partial charge in [-0.1, -0.05) is 145 Å². The summed E-state index contributed by atoms with van der Waals surface area (Å²) in [6.45, 7) is 4.30. The van der Waals surface area contributed by atoms with Gasteiger partial charge in [-0.3, -0.25) is 0 Å². The van der Waals surface area contributed by atoms with Crippen LogP contribution in [-0.2, 0) is 0 Å². The maximum atomic E-state index is 6.85. The van der Waals surface area contributed by atoms with E-state index in [1.807, 2.05) is 0 Å². The van der Waals surface area contributed by atoms with Crippen LogP contribution < -0.4 is 0 Å². The number of hydrogen-bond donors (Lipinski definition) is 0. The molecule has 1 aromatic heterocycles. The molecule has 0 bridgehead atoms. The highest BCUT2D eigenvalue weighted by atomic mass is 16.3. The molecular formula is C50H32O. The largest absolute Gasteiger partial charge is 0.456 e. The molecule has 238 valence electrons. The molecule has 1 nitrogen and oxygen atoms in total. The SMILES string of the molecule is Cc1ccc(-c2cc3ccc4oc5ccc6cc(-c7ccc(C)cc7)c7ccc8ccccc8c7c6c5c4c3c3c2ccc2ccccc23)cc1. The van der Waals surface area contributed by atoms with E-state index in [0.29, 0.717) is 0 Å². The normalized spacial score (nSPS) is 12.1. The quantitative estimate of drug-likeness (QED) is 0.170. The molecule has 0 aliphatic heterocycles. The number of benzene rings is 10. The lowest BCUT2D eigenvalue weighted by atomic mass is 9.86. The minimum absolute atomic E-state index is 0.915. The first kappa shape index (κ1) is 28.4. The van der Waals surface area contributed by atoms with Crippen molar-refractivity contribution in [2.75, 3.05) is 0 Å². The van der Waals surface area contributed by atoms with Crippen LogP contribution in [0.4, 0.5) is 0 Å². The van der Waals surface area contributed by atoms with Crippen LogP contribution in [0.5, 0.6) is 0 Å². The summed E-state index contributed by atoms with van der Waals surface area (Å²) in [5.41, 5.74) is 9.31. The van der Waals surface area contributed by atoms with Gasteiger partial charge in [0.1, 0.15) is 11.2 Å². The number of fused-ring (bicyclic) bond motifs is 15. The topological polar surface area (TPSA) is 13.1 Å². The van der Waals surface area contributed by atoms with Gasteiger partial charge in [-0.05, 0) is 114 Å². The Hall–Kier alpha value is -6.44. The average Bonchev–Trinajstić information content (AvgIpc) is 3.56. The minimum Gasteiger partial charge on any atom is -0.456 e. The van der Waals surface area contributed by atoms with E-state index >= 15 is 0 Å². The predicted octanol–water partition coefficient (Wildman–Crippen LogP) is 14.5. The molecule has 0 radical (unpaired) electrons. The third-order valence-corrected chi connectivity index (χ3v) is 11.1. The van der Waals surface area contributed by atoms with Gasteiger partial charge < -0.3 is 4.42 Å². The van der Waals surface area contributed by atoms with E-state index in [1.54, 1.807) is 0 Å². The Morgan fingerprint density at radius 1 is 0.314 bits per heavy atom. The molecule has 11 rings (SSSR count). The molecule has 0 spiro atoms. The molecular weight excluding hydrogens is 617 g/mol.